The molecule has 0 unspecified atom stereocenters. The number of aromatic nitrogens is 2. The zero-order valence-electron chi connectivity index (χ0n) is 18.0. The molecule has 0 saturated carbocycles. The van der Waals surface area contributed by atoms with Gasteiger partial charge in [0, 0.05) is 19.5 Å². The first-order valence-corrected chi connectivity index (χ1v) is 10.5. The van der Waals surface area contributed by atoms with Crippen LogP contribution in [0.4, 0.5) is 17.3 Å². The van der Waals surface area contributed by atoms with Crippen LogP contribution in [0.2, 0.25) is 0 Å². The fourth-order valence-electron chi connectivity index (χ4n) is 3.02. The summed E-state index contributed by atoms with van der Waals surface area (Å²) >= 11 is 0. The van der Waals surface area contributed by atoms with E-state index in [9.17, 15) is 4.79 Å². The predicted molar refractivity (Wildman–Crippen MR) is 124 cm³/mol. The molecule has 3 N–H and O–H groups in total. The molecule has 3 aromatic rings. The predicted octanol–water partition coefficient (Wildman–Crippen LogP) is 4.84. The maximum Gasteiger partial charge on any atom is 0.224 e. The van der Waals surface area contributed by atoms with Crippen LogP contribution in [0.25, 0.3) is 0 Å². The Morgan fingerprint density at radius 2 is 1.52 bits per heavy atom. The Morgan fingerprint density at radius 1 is 0.903 bits per heavy atom. The smallest absolute Gasteiger partial charge is 0.224 e. The van der Waals surface area contributed by atoms with Gasteiger partial charge in [0.2, 0.25) is 5.91 Å². The van der Waals surface area contributed by atoms with Crippen LogP contribution >= 0.6 is 0 Å². The minimum Gasteiger partial charge on any atom is -0.497 e. The molecule has 0 aliphatic rings. The van der Waals surface area contributed by atoms with Gasteiger partial charge in [0.15, 0.2) is 11.6 Å². The van der Waals surface area contributed by atoms with E-state index in [4.69, 9.17) is 4.74 Å². The van der Waals surface area contributed by atoms with E-state index in [1.807, 2.05) is 54.6 Å². The van der Waals surface area contributed by atoms with Crippen LogP contribution in [-0.4, -0.2) is 23.0 Å². The molecule has 0 aliphatic carbocycles. The lowest BCUT2D eigenvalue weighted by atomic mass is 10.2. The first kappa shape index (κ1) is 22.1. The molecule has 1 amide bonds. The minimum absolute atomic E-state index is 0.0492. The van der Waals surface area contributed by atoms with Crippen LogP contribution in [0.1, 0.15) is 37.3 Å². The molecule has 7 heteroatoms. The summed E-state index contributed by atoms with van der Waals surface area (Å²) in [5.41, 5.74) is 2.76. The average molecular weight is 420 g/mol. The Morgan fingerprint density at radius 3 is 2.10 bits per heavy atom. The van der Waals surface area contributed by atoms with E-state index in [2.05, 4.69) is 32.8 Å². The lowest BCUT2D eigenvalue weighted by Gasteiger charge is -2.16. The number of amides is 1. The Hall–Kier alpha value is -3.61. The maximum atomic E-state index is 12.5. The maximum absolute atomic E-state index is 12.5. The molecule has 0 aliphatic heterocycles. The largest absolute Gasteiger partial charge is 0.497 e. The highest BCUT2D eigenvalue weighted by molar-refractivity contribution is 5.97. The van der Waals surface area contributed by atoms with Gasteiger partial charge >= 0.3 is 0 Å². The number of unbranched alkanes of at least 4 members (excludes halogenated alkanes) is 1. The highest BCUT2D eigenvalue weighted by atomic mass is 16.5. The number of rotatable bonds is 11. The summed E-state index contributed by atoms with van der Waals surface area (Å²) in [7, 11) is 1.64. The van der Waals surface area contributed by atoms with E-state index < -0.39 is 0 Å². The average Bonchev–Trinajstić information content (AvgIpc) is 2.82. The Balaban J connectivity index is 1.77. The summed E-state index contributed by atoms with van der Waals surface area (Å²) < 4.78 is 5.21. The van der Waals surface area contributed by atoms with Gasteiger partial charge in [-0.05, 0) is 29.7 Å². The molecule has 1 heterocycles. The van der Waals surface area contributed by atoms with Crippen molar-refractivity contribution >= 4 is 23.2 Å². The molecule has 0 spiro atoms. The van der Waals surface area contributed by atoms with Crippen molar-refractivity contribution in [2.24, 2.45) is 0 Å². The zero-order valence-corrected chi connectivity index (χ0v) is 18.0. The van der Waals surface area contributed by atoms with Crippen molar-refractivity contribution in [2.75, 3.05) is 23.1 Å². The van der Waals surface area contributed by atoms with E-state index in [1.54, 1.807) is 7.11 Å². The number of nitrogens with one attached hydrogen (secondary N) is 3. The van der Waals surface area contributed by atoms with Crippen molar-refractivity contribution in [3.63, 3.8) is 0 Å². The number of hydrogen-bond acceptors (Lipinski definition) is 6. The van der Waals surface area contributed by atoms with E-state index >= 15 is 0 Å². The minimum atomic E-state index is -0.0492. The Labute approximate surface area is 183 Å². The van der Waals surface area contributed by atoms with Gasteiger partial charge in [0.1, 0.15) is 17.8 Å². The normalized spacial score (nSPS) is 10.4. The van der Waals surface area contributed by atoms with Gasteiger partial charge in [0.25, 0.3) is 0 Å². The number of nitrogens with zero attached hydrogens (tertiary/aromatic N) is 2. The number of hydrogen-bond donors (Lipinski definition) is 3. The Kier molecular flexibility index (Phi) is 8.22. The van der Waals surface area contributed by atoms with Crippen LogP contribution in [0.15, 0.2) is 60.9 Å². The monoisotopic (exact) mass is 419 g/mol. The van der Waals surface area contributed by atoms with Crippen LogP contribution in [-0.2, 0) is 17.9 Å². The molecule has 2 aromatic carbocycles. The molecule has 0 bridgehead atoms. The molecular weight excluding hydrogens is 390 g/mol. The molecule has 1 aromatic heterocycles. The number of methoxy groups -OCH3 is 1. The molecule has 0 fully saturated rings. The van der Waals surface area contributed by atoms with Crippen molar-refractivity contribution in [3.8, 4) is 5.75 Å². The molecule has 162 valence electrons. The van der Waals surface area contributed by atoms with Crippen molar-refractivity contribution in [1.82, 2.24) is 9.97 Å². The van der Waals surface area contributed by atoms with Gasteiger partial charge in [-0.25, -0.2) is 9.97 Å². The summed E-state index contributed by atoms with van der Waals surface area (Å²) in [5, 5.41) is 9.64. The van der Waals surface area contributed by atoms with Crippen molar-refractivity contribution in [3.05, 3.63) is 72.1 Å². The van der Waals surface area contributed by atoms with Gasteiger partial charge < -0.3 is 20.7 Å². The van der Waals surface area contributed by atoms with Crippen molar-refractivity contribution in [2.45, 2.75) is 39.3 Å². The standard InChI is InChI=1S/C24H29N5O2/c1-3-4-10-21(30)29-22-23(25-15-18-8-6-5-7-9-18)27-17-28-24(22)26-16-19-11-13-20(31-2)14-12-19/h5-9,11-14,17H,3-4,10,15-16H2,1-2H3,(H,29,30)(H2,25,26,27,28). The number of carbonyl (C=O) groups excluding carboxylic acids is 1. The van der Waals surface area contributed by atoms with Gasteiger partial charge in [-0.2, -0.15) is 0 Å². The molecule has 0 radical (unpaired) electrons. The van der Waals surface area contributed by atoms with Crippen molar-refractivity contribution in [1.29, 1.82) is 0 Å². The van der Waals surface area contributed by atoms with Crippen LogP contribution in [0, 0.1) is 0 Å². The highest BCUT2D eigenvalue weighted by Crippen LogP contribution is 2.28. The fourth-order valence-corrected chi connectivity index (χ4v) is 3.02. The topological polar surface area (TPSA) is 88.2 Å². The van der Waals surface area contributed by atoms with E-state index in [-0.39, 0.29) is 5.91 Å². The zero-order chi connectivity index (χ0) is 21.9. The highest BCUT2D eigenvalue weighted by Gasteiger charge is 2.14. The summed E-state index contributed by atoms with van der Waals surface area (Å²) in [4.78, 5) is 21.2. The summed E-state index contributed by atoms with van der Waals surface area (Å²) in [6.45, 7) is 3.21. The lowest BCUT2D eigenvalue weighted by molar-refractivity contribution is -0.116. The third-order valence-electron chi connectivity index (χ3n) is 4.79. The molecule has 0 saturated heterocycles. The summed E-state index contributed by atoms with van der Waals surface area (Å²) in [6.07, 6.45) is 3.74. The third kappa shape index (κ3) is 6.70. The van der Waals surface area contributed by atoms with E-state index in [1.165, 1.54) is 6.33 Å². The van der Waals surface area contributed by atoms with E-state index in [0.29, 0.717) is 36.8 Å². The molecule has 7 nitrogen and oxygen atoms in total. The van der Waals surface area contributed by atoms with Crippen LogP contribution in [0.5, 0.6) is 5.75 Å². The quantitative estimate of drug-likeness (QED) is 0.412. The third-order valence-corrected chi connectivity index (χ3v) is 4.79. The second kappa shape index (κ2) is 11.5. The summed E-state index contributed by atoms with van der Waals surface area (Å²) in [5.74, 6) is 1.92. The lowest BCUT2D eigenvalue weighted by Crippen LogP contribution is -2.17. The Bertz CT molecular complexity index is 961. The molecule has 3 rings (SSSR count). The molecule has 31 heavy (non-hydrogen) atoms. The second-order valence-corrected chi connectivity index (χ2v) is 7.14. The van der Waals surface area contributed by atoms with Gasteiger partial charge in [-0.15, -0.1) is 0 Å². The van der Waals surface area contributed by atoms with Crippen LogP contribution < -0.4 is 20.7 Å². The van der Waals surface area contributed by atoms with Gasteiger partial charge in [0.05, 0.1) is 7.11 Å². The fraction of sp³-hybridized carbons (Fsp3) is 0.292. The first-order chi connectivity index (χ1) is 15.2. The molecular formula is C24H29N5O2. The number of carbonyl (C=O) groups is 1. The SMILES string of the molecule is CCCCC(=O)Nc1c(NCc2ccccc2)ncnc1NCc1ccc(OC)cc1. The number of benzene rings is 2. The first-order valence-electron chi connectivity index (χ1n) is 10.5. The van der Waals surface area contributed by atoms with Gasteiger partial charge in [-0.1, -0.05) is 55.8 Å². The summed E-state index contributed by atoms with van der Waals surface area (Å²) in [6, 6.07) is 17.8. The number of anilines is 3. The van der Waals surface area contributed by atoms with Crippen molar-refractivity contribution < 1.29 is 9.53 Å². The van der Waals surface area contributed by atoms with Gasteiger partial charge in [-0.3, -0.25) is 4.79 Å². The van der Waals surface area contributed by atoms with E-state index in [0.717, 1.165) is 29.7 Å². The molecule has 0 atom stereocenters. The second-order valence-electron chi connectivity index (χ2n) is 7.14. The number of ether oxygens (including phenoxy) is 1. The van der Waals surface area contributed by atoms with Crippen LogP contribution in [0.3, 0.4) is 0 Å².